The number of halogens is 4. The second-order valence-electron chi connectivity index (χ2n) is 7.81. The number of fused-ring (bicyclic) bond motifs is 4. The van der Waals surface area contributed by atoms with Crippen LogP contribution in [0.3, 0.4) is 0 Å². The monoisotopic (exact) mass is 417 g/mol. The van der Waals surface area contributed by atoms with Gasteiger partial charge in [-0.25, -0.2) is 14.5 Å². The number of imidazole rings is 2. The lowest BCUT2D eigenvalue weighted by molar-refractivity contribution is -0.164. The van der Waals surface area contributed by atoms with E-state index in [0.717, 1.165) is 23.2 Å². The summed E-state index contributed by atoms with van der Waals surface area (Å²) < 4.78 is 43.5. The zero-order chi connectivity index (χ0) is 19.9. The van der Waals surface area contributed by atoms with Crippen LogP contribution in [0.1, 0.15) is 47.7 Å². The van der Waals surface area contributed by atoms with Gasteiger partial charge in [-0.1, -0.05) is 17.7 Å². The molecule has 9 heteroatoms. The highest BCUT2D eigenvalue weighted by Crippen LogP contribution is 2.56. The third kappa shape index (κ3) is 2.58. The number of hydrogen-bond donors (Lipinski definition) is 0. The molecule has 1 unspecified atom stereocenters. The number of aryl methyl sites for hydroxylation is 1. The van der Waals surface area contributed by atoms with E-state index in [9.17, 15) is 13.2 Å². The largest absolute Gasteiger partial charge is 0.409 e. The zero-order valence-electron chi connectivity index (χ0n) is 15.1. The molecule has 148 valence electrons. The van der Waals surface area contributed by atoms with Gasteiger partial charge in [0, 0.05) is 24.4 Å². The summed E-state index contributed by atoms with van der Waals surface area (Å²) in [6, 6.07) is 6.04. The molecule has 1 aliphatic heterocycles. The lowest BCUT2D eigenvalue weighted by Crippen LogP contribution is -2.23. The Morgan fingerprint density at radius 1 is 1.14 bits per heavy atom. The number of nitrogens with zero attached hydrogens (tertiary/aromatic N) is 5. The number of aromatic nitrogens is 5. The van der Waals surface area contributed by atoms with Crippen molar-refractivity contribution >= 4 is 28.3 Å². The van der Waals surface area contributed by atoms with Gasteiger partial charge in [0.1, 0.15) is 17.0 Å². The average molecular weight is 418 g/mol. The Kier molecular flexibility index (Phi) is 3.40. The van der Waals surface area contributed by atoms with Gasteiger partial charge in [0.2, 0.25) is 0 Å². The van der Waals surface area contributed by atoms with Crippen LogP contribution in [0.5, 0.6) is 0 Å². The molecule has 0 amide bonds. The second kappa shape index (κ2) is 5.72. The standard InChI is InChI=1S/C20H15ClF3N5/c21-17-9-13(19-25-5-6-28(19)27-17)12-8-11(12)10-1-2-14-15(7-10)29-16(20(22,23)24)3-4-18(29)26-14/h1-2,5-7,9,11-12,16H,3-4,8H2/t11-,12+,16?/m1/s1. The van der Waals surface area contributed by atoms with E-state index in [1.54, 1.807) is 16.9 Å². The van der Waals surface area contributed by atoms with Crippen molar-refractivity contribution in [1.29, 1.82) is 0 Å². The summed E-state index contributed by atoms with van der Waals surface area (Å²) in [5, 5.41) is 4.61. The van der Waals surface area contributed by atoms with Crippen LogP contribution in [0, 0.1) is 0 Å². The van der Waals surface area contributed by atoms with Crippen molar-refractivity contribution in [2.24, 2.45) is 0 Å². The van der Waals surface area contributed by atoms with Crippen molar-refractivity contribution < 1.29 is 13.2 Å². The van der Waals surface area contributed by atoms with Gasteiger partial charge in [0.25, 0.3) is 0 Å². The fourth-order valence-corrected chi connectivity index (χ4v) is 4.91. The van der Waals surface area contributed by atoms with E-state index in [-0.39, 0.29) is 18.3 Å². The van der Waals surface area contributed by atoms with Gasteiger partial charge in [-0.3, -0.25) is 0 Å². The third-order valence-corrected chi connectivity index (χ3v) is 6.28. The highest BCUT2D eigenvalue weighted by Gasteiger charge is 2.46. The molecule has 4 aromatic rings. The maximum Gasteiger partial charge on any atom is 0.409 e. The van der Waals surface area contributed by atoms with Crippen LogP contribution in [-0.4, -0.2) is 30.3 Å². The van der Waals surface area contributed by atoms with E-state index < -0.39 is 12.2 Å². The quantitative estimate of drug-likeness (QED) is 0.458. The summed E-state index contributed by atoms with van der Waals surface area (Å²) in [6.45, 7) is 0. The van der Waals surface area contributed by atoms with Gasteiger partial charge in [0.15, 0.2) is 5.65 Å². The first-order valence-electron chi connectivity index (χ1n) is 9.47. The van der Waals surface area contributed by atoms with E-state index in [1.807, 2.05) is 24.3 Å². The lowest BCUT2D eigenvalue weighted by atomic mass is 10.0. The molecule has 3 aromatic heterocycles. The summed E-state index contributed by atoms with van der Waals surface area (Å²) in [7, 11) is 0. The van der Waals surface area contributed by atoms with Crippen molar-refractivity contribution in [3.8, 4) is 0 Å². The molecule has 6 rings (SSSR count). The summed E-state index contributed by atoms with van der Waals surface area (Å²) in [5.74, 6) is 0.958. The first kappa shape index (κ1) is 17.3. The van der Waals surface area contributed by atoms with E-state index >= 15 is 0 Å². The minimum Gasteiger partial charge on any atom is -0.316 e. The number of hydrogen-bond acceptors (Lipinski definition) is 3. The summed E-state index contributed by atoms with van der Waals surface area (Å²) >= 11 is 6.15. The summed E-state index contributed by atoms with van der Waals surface area (Å²) in [6.07, 6.45) is 0.480. The Morgan fingerprint density at radius 3 is 2.83 bits per heavy atom. The van der Waals surface area contributed by atoms with Crippen LogP contribution in [0.25, 0.3) is 16.7 Å². The van der Waals surface area contributed by atoms with Gasteiger partial charge >= 0.3 is 6.18 Å². The lowest BCUT2D eigenvalue weighted by Gasteiger charge is -2.18. The molecule has 0 radical (unpaired) electrons. The van der Waals surface area contributed by atoms with Crippen LogP contribution in [0.2, 0.25) is 5.15 Å². The minimum atomic E-state index is -4.27. The Balaban J connectivity index is 1.40. The van der Waals surface area contributed by atoms with Gasteiger partial charge in [-0.15, -0.1) is 0 Å². The van der Waals surface area contributed by atoms with Crippen molar-refractivity contribution in [3.05, 3.63) is 58.8 Å². The third-order valence-electron chi connectivity index (χ3n) is 6.09. The smallest absolute Gasteiger partial charge is 0.316 e. The maximum absolute atomic E-state index is 13.5. The SMILES string of the molecule is FC(F)(F)C1CCc2nc3ccc([C@H]4C[C@@H]4c4cc(Cl)nn5ccnc45)cc3n21. The molecule has 1 saturated carbocycles. The van der Waals surface area contributed by atoms with Crippen LogP contribution in [-0.2, 0) is 6.42 Å². The second-order valence-corrected chi connectivity index (χ2v) is 8.20. The van der Waals surface area contributed by atoms with Crippen LogP contribution in [0.4, 0.5) is 13.2 Å². The molecule has 1 fully saturated rings. The Morgan fingerprint density at radius 2 is 2.00 bits per heavy atom. The molecule has 2 aliphatic rings. The fraction of sp³-hybridized carbons (Fsp3) is 0.350. The molecule has 0 saturated heterocycles. The zero-order valence-corrected chi connectivity index (χ0v) is 15.8. The molecule has 5 nitrogen and oxygen atoms in total. The van der Waals surface area contributed by atoms with E-state index in [2.05, 4.69) is 15.1 Å². The van der Waals surface area contributed by atoms with Gasteiger partial charge < -0.3 is 4.57 Å². The van der Waals surface area contributed by atoms with Gasteiger partial charge in [-0.05, 0) is 48.4 Å². The molecular weight excluding hydrogens is 403 g/mol. The molecule has 3 atom stereocenters. The molecule has 4 heterocycles. The highest BCUT2D eigenvalue weighted by molar-refractivity contribution is 6.29. The first-order valence-corrected chi connectivity index (χ1v) is 9.85. The fourth-order valence-electron chi connectivity index (χ4n) is 4.71. The van der Waals surface area contributed by atoms with Crippen molar-refractivity contribution in [1.82, 2.24) is 24.1 Å². The molecule has 1 aromatic carbocycles. The van der Waals surface area contributed by atoms with E-state index in [4.69, 9.17) is 11.6 Å². The van der Waals surface area contributed by atoms with Gasteiger partial charge in [-0.2, -0.15) is 18.3 Å². The summed E-state index contributed by atoms with van der Waals surface area (Å²) in [5.41, 5.74) is 4.01. The Bertz CT molecular complexity index is 1270. The predicted molar refractivity (Wildman–Crippen MR) is 101 cm³/mol. The minimum absolute atomic E-state index is 0.0609. The predicted octanol–water partition coefficient (Wildman–Crippen LogP) is 5.05. The average Bonchev–Trinajstić information content (AvgIpc) is 2.99. The first-order chi connectivity index (χ1) is 13.9. The van der Waals surface area contributed by atoms with Crippen molar-refractivity contribution in [2.45, 2.75) is 43.3 Å². The van der Waals surface area contributed by atoms with Crippen LogP contribution < -0.4 is 0 Å². The van der Waals surface area contributed by atoms with Crippen molar-refractivity contribution in [3.63, 3.8) is 0 Å². The maximum atomic E-state index is 13.5. The van der Waals surface area contributed by atoms with E-state index in [1.165, 1.54) is 4.57 Å². The molecular formula is C20H15ClF3N5. The Labute approximate surface area is 168 Å². The molecule has 1 aliphatic carbocycles. The molecule has 0 bridgehead atoms. The van der Waals surface area contributed by atoms with Gasteiger partial charge in [0.05, 0.1) is 11.0 Å². The normalized spacial score (nSPS) is 23.8. The van der Waals surface area contributed by atoms with E-state index in [0.29, 0.717) is 28.4 Å². The van der Waals surface area contributed by atoms with Crippen LogP contribution in [0.15, 0.2) is 36.7 Å². The topological polar surface area (TPSA) is 48.0 Å². The summed E-state index contributed by atoms with van der Waals surface area (Å²) in [4.78, 5) is 8.80. The highest BCUT2D eigenvalue weighted by atomic mass is 35.5. The van der Waals surface area contributed by atoms with Crippen LogP contribution >= 0.6 is 11.6 Å². The molecule has 0 N–H and O–H groups in total. The number of benzene rings is 1. The van der Waals surface area contributed by atoms with Crippen molar-refractivity contribution in [2.75, 3.05) is 0 Å². The number of rotatable bonds is 2. The number of alkyl halides is 3. The molecule has 29 heavy (non-hydrogen) atoms. The molecule has 0 spiro atoms. The Hall–Kier alpha value is -2.61.